The van der Waals surface area contributed by atoms with Crippen LogP contribution in [0.5, 0.6) is 0 Å². The number of hydrogen-bond donors (Lipinski definition) is 1. The van der Waals surface area contributed by atoms with Crippen molar-refractivity contribution in [3.8, 4) is 0 Å². The largest absolute Gasteiger partial charge is 0.465 e. The molecule has 0 atom stereocenters. The van der Waals surface area contributed by atoms with Crippen molar-refractivity contribution in [1.82, 2.24) is 0 Å². The Balaban J connectivity index is 2.14. The molecule has 0 aliphatic carbocycles. The van der Waals surface area contributed by atoms with Crippen LogP contribution in [0.2, 0.25) is 0 Å². The van der Waals surface area contributed by atoms with Gasteiger partial charge in [-0.05, 0) is 29.8 Å². The van der Waals surface area contributed by atoms with Crippen LogP contribution in [-0.4, -0.2) is 19.0 Å². The number of alkyl halides is 3. The van der Waals surface area contributed by atoms with Crippen molar-refractivity contribution in [2.75, 3.05) is 12.4 Å². The molecule has 7 heteroatoms. The van der Waals surface area contributed by atoms with Crippen molar-refractivity contribution in [2.24, 2.45) is 0 Å². The molecule has 126 valence electrons. The number of nitrogens with one attached hydrogen (secondary N) is 1. The van der Waals surface area contributed by atoms with Gasteiger partial charge in [-0.1, -0.05) is 24.3 Å². The minimum atomic E-state index is -4.49. The van der Waals surface area contributed by atoms with E-state index in [2.05, 4.69) is 10.1 Å². The fourth-order valence-corrected chi connectivity index (χ4v) is 2.13. The van der Waals surface area contributed by atoms with E-state index in [1.807, 2.05) is 0 Å². The van der Waals surface area contributed by atoms with Gasteiger partial charge in [0.2, 0.25) is 5.91 Å². The fraction of sp³-hybridized carbons (Fsp3) is 0.176. The van der Waals surface area contributed by atoms with Crippen LogP contribution in [0.4, 0.5) is 18.9 Å². The van der Waals surface area contributed by atoms with Gasteiger partial charge in [-0.2, -0.15) is 13.2 Å². The van der Waals surface area contributed by atoms with Crippen LogP contribution >= 0.6 is 0 Å². The SMILES string of the molecule is COC(=O)c1ccccc1CC(=O)Nc1cccc(C(F)(F)F)c1. The van der Waals surface area contributed by atoms with E-state index < -0.39 is 23.6 Å². The molecule has 0 aromatic heterocycles. The first-order chi connectivity index (χ1) is 11.3. The predicted octanol–water partition coefficient (Wildman–Crippen LogP) is 3.67. The van der Waals surface area contributed by atoms with Gasteiger partial charge in [0.25, 0.3) is 0 Å². The minimum absolute atomic E-state index is 0.0328. The maximum Gasteiger partial charge on any atom is 0.416 e. The summed E-state index contributed by atoms with van der Waals surface area (Å²) in [5.41, 5.74) is -0.159. The van der Waals surface area contributed by atoms with E-state index >= 15 is 0 Å². The zero-order valence-electron chi connectivity index (χ0n) is 12.7. The Labute approximate surface area is 136 Å². The van der Waals surface area contributed by atoms with Gasteiger partial charge in [0.05, 0.1) is 24.7 Å². The molecule has 0 bridgehead atoms. The number of carbonyl (C=O) groups is 2. The van der Waals surface area contributed by atoms with E-state index in [4.69, 9.17) is 0 Å². The maximum atomic E-state index is 12.7. The second-order valence-corrected chi connectivity index (χ2v) is 4.95. The molecule has 0 radical (unpaired) electrons. The molecule has 2 aromatic carbocycles. The van der Waals surface area contributed by atoms with Crippen molar-refractivity contribution < 1.29 is 27.5 Å². The van der Waals surface area contributed by atoms with Gasteiger partial charge in [-0.25, -0.2) is 4.79 Å². The molecule has 0 aliphatic heterocycles. The molecule has 0 saturated heterocycles. The van der Waals surface area contributed by atoms with Crippen molar-refractivity contribution >= 4 is 17.6 Å². The molecule has 0 saturated carbocycles. The molecule has 0 heterocycles. The molecule has 0 spiro atoms. The third-order valence-electron chi connectivity index (χ3n) is 3.25. The van der Waals surface area contributed by atoms with Crippen LogP contribution in [0.1, 0.15) is 21.5 Å². The number of benzene rings is 2. The Morgan fingerprint density at radius 2 is 1.79 bits per heavy atom. The molecular weight excluding hydrogens is 323 g/mol. The Bertz CT molecular complexity index is 757. The standard InChI is InChI=1S/C17H14F3NO3/c1-24-16(23)14-8-3-2-5-11(14)9-15(22)21-13-7-4-6-12(10-13)17(18,19)20/h2-8,10H,9H2,1H3,(H,21,22). The van der Waals surface area contributed by atoms with E-state index in [1.54, 1.807) is 18.2 Å². The molecule has 2 aromatic rings. The van der Waals surface area contributed by atoms with Gasteiger partial charge in [0, 0.05) is 5.69 Å². The summed E-state index contributed by atoms with van der Waals surface area (Å²) >= 11 is 0. The molecule has 0 fully saturated rings. The lowest BCUT2D eigenvalue weighted by Crippen LogP contribution is -2.17. The summed E-state index contributed by atoms with van der Waals surface area (Å²) in [7, 11) is 1.22. The van der Waals surface area contributed by atoms with Crippen LogP contribution in [0.3, 0.4) is 0 Å². The highest BCUT2D eigenvalue weighted by molar-refractivity contribution is 5.96. The average molecular weight is 337 g/mol. The number of esters is 1. The van der Waals surface area contributed by atoms with E-state index in [0.29, 0.717) is 5.56 Å². The monoisotopic (exact) mass is 337 g/mol. The minimum Gasteiger partial charge on any atom is -0.465 e. The first kappa shape index (κ1) is 17.5. The number of amides is 1. The van der Waals surface area contributed by atoms with Crippen LogP contribution in [0.15, 0.2) is 48.5 Å². The molecule has 1 amide bonds. The van der Waals surface area contributed by atoms with Crippen molar-refractivity contribution in [3.05, 3.63) is 65.2 Å². The number of hydrogen-bond acceptors (Lipinski definition) is 3. The number of halogens is 3. The number of ether oxygens (including phenoxy) is 1. The zero-order valence-corrected chi connectivity index (χ0v) is 12.7. The lowest BCUT2D eigenvalue weighted by Gasteiger charge is -2.11. The molecule has 24 heavy (non-hydrogen) atoms. The Hall–Kier alpha value is -2.83. The predicted molar refractivity (Wildman–Crippen MR) is 81.6 cm³/mol. The van der Waals surface area contributed by atoms with E-state index in [0.717, 1.165) is 12.1 Å². The molecule has 2 rings (SSSR count). The summed E-state index contributed by atoms with van der Waals surface area (Å²) in [5.74, 6) is -1.12. The van der Waals surface area contributed by atoms with Crippen molar-refractivity contribution in [3.63, 3.8) is 0 Å². The van der Waals surface area contributed by atoms with Crippen LogP contribution in [0.25, 0.3) is 0 Å². The third kappa shape index (κ3) is 4.34. The molecule has 1 N–H and O–H groups in total. The first-order valence-corrected chi connectivity index (χ1v) is 6.94. The number of rotatable bonds is 4. The first-order valence-electron chi connectivity index (χ1n) is 6.94. The summed E-state index contributed by atoms with van der Waals surface area (Å²) in [6.45, 7) is 0. The number of anilines is 1. The van der Waals surface area contributed by atoms with Gasteiger partial charge in [-0.15, -0.1) is 0 Å². The van der Waals surface area contributed by atoms with Crippen LogP contribution in [0, 0.1) is 0 Å². The third-order valence-corrected chi connectivity index (χ3v) is 3.25. The number of carbonyl (C=O) groups excluding carboxylic acids is 2. The second-order valence-electron chi connectivity index (χ2n) is 4.95. The summed E-state index contributed by atoms with van der Waals surface area (Å²) in [4.78, 5) is 23.7. The average Bonchev–Trinajstić information content (AvgIpc) is 2.54. The molecule has 0 unspecified atom stereocenters. The maximum absolute atomic E-state index is 12.7. The zero-order chi connectivity index (χ0) is 17.7. The molecule has 4 nitrogen and oxygen atoms in total. The number of methoxy groups -OCH3 is 1. The van der Waals surface area contributed by atoms with Crippen LogP contribution < -0.4 is 5.32 Å². The summed E-state index contributed by atoms with van der Waals surface area (Å²) in [6, 6.07) is 10.7. The van der Waals surface area contributed by atoms with E-state index in [1.165, 1.54) is 25.3 Å². The lowest BCUT2D eigenvalue weighted by atomic mass is 10.0. The highest BCUT2D eigenvalue weighted by Crippen LogP contribution is 2.30. The van der Waals surface area contributed by atoms with Gasteiger partial charge in [0.15, 0.2) is 0 Å². The smallest absolute Gasteiger partial charge is 0.416 e. The summed E-state index contributed by atoms with van der Waals surface area (Å²) in [5, 5.41) is 2.40. The second kappa shape index (κ2) is 7.16. The van der Waals surface area contributed by atoms with Crippen molar-refractivity contribution in [2.45, 2.75) is 12.6 Å². The highest BCUT2D eigenvalue weighted by Gasteiger charge is 2.30. The van der Waals surface area contributed by atoms with Gasteiger partial charge in [-0.3, -0.25) is 4.79 Å². The van der Waals surface area contributed by atoms with Crippen molar-refractivity contribution in [1.29, 1.82) is 0 Å². The Kier molecular flexibility index (Phi) is 5.23. The normalized spacial score (nSPS) is 11.0. The Morgan fingerprint density at radius 1 is 1.08 bits per heavy atom. The van der Waals surface area contributed by atoms with Gasteiger partial charge < -0.3 is 10.1 Å². The Morgan fingerprint density at radius 3 is 2.46 bits per heavy atom. The topological polar surface area (TPSA) is 55.4 Å². The van der Waals surface area contributed by atoms with Gasteiger partial charge in [0.1, 0.15) is 0 Å². The fourth-order valence-electron chi connectivity index (χ4n) is 2.13. The van der Waals surface area contributed by atoms with E-state index in [-0.39, 0.29) is 17.7 Å². The molecule has 0 aliphatic rings. The van der Waals surface area contributed by atoms with Gasteiger partial charge >= 0.3 is 12.1 Å². The lowest BCUT2D eigenvalue weighted by molar-refractivity contribution is -0.137. The van der Waals surface area contributed by atoms with E-state index in [9.17, 15) is 22.8 Å². The summed E-state index contributed by atoms with van der Waals surface area (Å²) in [6.07, 6.45) is -4.65. The quantitative estimate of drug-likeness (QED) is 0.866. The highest BCUT2D eigenvalue weighted by atomic mass is 19.4. The van der Waals surface area contributed by atoms with Crippen LogP contribution in [-0.2, 0) is 22.1 Å². The molecular formula is C17H14F3NO3. The summed E-state index contributed by atoms with van der Waals surface area (Å²) < 4.78 is 42.6.